The van der Waals surface area contributed by atoms with Gasteiger partial charge in [0.1, 0.15) is 18.1 Å². The van der Waals surface area contributed by atoms with E-state index < -0.39 is 0 Å². The SMILES string of the molecule is CCN1C(=O)/C(=C/c2cc(Br)c(OCc3ccc(F)cc3)c(OC)c2)N(C)C1=S. The number of amides is 1. The molecule has 1 fully saturated rings. The molecule has 0 aliphatic carbocycles. The number of hydrogen-bond donors (Lipinski definition) is 0. The molecule has 5 nitrogen and oxygen atoms in total. The van der Waals surface area contributed by atoms with Crippen molar-refractivity contribution in [3.8, 4) is 11.5 Å². The molecule has 0 N–H and O–H groups in total. The van der Waals surface area contributed by atoms with Gasteiger partial charge < -0.3 is 14.4 Å². The zero-order chi connectivity index (χ0) is 21.1. The van der Waals surface area contributed by atoms with Gasteiger partial charge in [0, 0.05) is 13.6 Å². The Morgan fingerprint density at radius 2 is 1.93 bits per heavy atom. The summed E-state index contributed by atoms with van der Waals surface area (Å²) in [6.45, 7) is 2.66. The van der Waals surface area contributed by atoms with Gasteiger partial charge in [-0.2, -0.15) is 0 Å². The van der Waals surface area contributed by atoms with Gasteiger partial charge in [-0.15, -0.1) is 0 Å². The van der Waals surface area contributed by atoms with Gasteiger partial charge in [-0.05, 0) is 76.5 Å². The first-order valence-electron chi connectivity index (χ1n) is 8.91. The molecular formula is C21H20BrFN2O3S. The van der Waals surface area contributed by atoms with Crippen molar-refractivity contribution in [3.63, 3.8) is 0 Å². The molecule has 0 radical (unpaired) electrons. The van der Waals surface area contributed by atoms with Crippen LogP contribution in [-0.4, -0.2) is 41.5 Å². The lowest BCUT2D eigenvalue weighted by Crippen LogP contribution is -2.30. The summed E-state index contributed by atoms with van der Waals surface area (Å²) in [5.74, 6) is 0.608. The van der Waals surface area contributed by atoms with Crippen LogP contribution in [0, 0.1) is 5.82 Å². The van der Waals surface area contributed by atoms with Gasteiger partial charge in [-0.1, -0.05) is 12.1 Å². The summed E-state index contributed by atoms with van der Waals surface area (Å²) < 4.78 is 25.1. The standard InChI is InChI=1S/C21H20BrFN2O3S/c1-4-25-20(26)17(24(2)21(25)29)10-14-9-16(22)19(18(11-14)27-3)28-12-13-5-7-15(23)8-6-13/h5-11H,4,12H2,1-3H3/b17-10-. The molecule has 152 valence electrons. The quantitative estimate of drug-likeness (QED) is 0.448. The lowest BCUT2D eigenvalue weighted by Gasteiger charge is -2.15. The van der Waals surface area contributed by atoms with Gasteiger partial charge in [-0.25, -0.2) is 4.39 Å². The third-order valence-electron chi connectivity index (χ3n) is 4.51. The van der Waals surface area contributed by atoms with Crippen molar-refractivity contribution in [1.82, 2.24) is 9.80 Å². The lowest BCUT2D eigenvalue weighted by molar-refractivity contribution is -0.122. The van der Waals surface area contributed by atoms with E-state index in [4.69, 9.17) is 21.7 Å². The molecule has 0 spiro atoms. The highest BCUT2D eigenvalue weighted by Crippen LogP contribution is 2.38. The van der Waals surface area contributed by atoms with Crippen LogP contribution in [0.5, 0.6) is 11.5 Å². The Hall–Kier alpha value is -2.45. The van der Waals surface area contributed by atoms with Crippen LogP contribution in [0.15, 0.2) is 46.6 Å². The highest BCUT2D eigenvalue weighted by Gasteiger charge is 2.34. The minimum Gasteiger partial charge on any atom is -0.493 e. The van der Waals surface area contributed by atoms with Gasteiger partial charge in [-0.3, -0.25) is 9.69 Å². The Morgan fingerprint density at radius 1 is 1.24 bits per heavy atom. The maximum Gasteiger partial charge on any atom is 0.276 e. The number of methoxy groups -OCH3 is 1. The summed E-state index contributed by atoms with van der Waals surface area (Å²) in [6.07, 6.45) is 1.77. The van der Waals surface area contributed by atoms with Crippen molar-refractivity contribution in [1.29, 1.82) is 0 Å². The average Bonchev–Trinajstić information content (AvgIpc) is 2.91. The summed E-state index contributed by atoms with van der Waals surface area (Å²) in [5.41, 5.74) is 2.09. The molecule has 1 aliphatic rings. The molecular weight excluding hydrogens is 459 g/mol. The number of carbonyl (C=O) groups excluding carboxylic acids is 1. The van der Waals surface area contributed by atoms with Crippen LogP contribution in [0.3, 0.4) is 0 Å². The van der Waals surface area contributed by atoms with Crippen LogP contribution in [-0.2, 0) is 11.4 Å². The molecule has 1 aliphatic heterocycles. The highest BCUT2D eigenvalue weighted by molar-refractivity contribution is 9.10. The van der Waals surface area contributed by atoms with Crippen LogP contribution < -0.4 is 9.47 Å². The van der Waals surface area contributed by atoms with Crippen molar-refractivity contribution < 1.29 is 18.7 Å². The molecule has 1 heterocycles. The Bertz CT molecular complexity index is 979. The highest BCUT2D eigenvalue weighted by atomic mass is 79.9. The van der Waals surface area contributed by atoms with E-state index in [1.165, 1.54) is 12.1 Å². The van der Waals surface area contributed by atoms with Crippen molar-refractivity contribution in [3.05, 3.63) is 63.5 Å². The number of ether oxygens (including phenoxy) is 2. The van der Waals surface area contributed by atoms with E-state index in [0.29, 0.717) is 33.3 Å². The molecule has 0 aromatic heterocycles. The molecule has 0 saturated carbocycles. The molecule has 0 unspecified atom stereocenters. The number of halogens is 2. The Morgan fingerprint density at radius 3 is 2.52 bits per heavy atom. The molecule has 8 heteroatoms. The summed E-state index contributed by atoms with van der Waals surface area (Å²) in [6, 6.07) is 9.74. The number of carbonyl (C=O) groups is 1. The van der Waals surface area contributed by atoms with Crippen molar-refractivity contribution >= 4 is 45.2 Å². The van der Waals surface area contributed by atoms with Crippen molar-refractivity contribution in [2.24, 2.45) is 0 Å². The maximum atomic E-state index is 13.1. The number of likely N-dealkylation sites (N-methyl/N-ethyl adjacent to an activating group) is 2. The van der Waals surface area contributed by atoms with E-state index in [1.54, 1.807) is 48.2 Å². The molecule has 0 bridgehead atoms. The topological polar surface area (TPSA) is 42.0 Å². The van der Waals surface area contributed by atoms with Gasteiger partial charge in [0.25, 0.3) is 5.91 Å². The second-order valence-corrected chi connectivity index (χ2v) is 7.59. The molecule has 3 rings (SSSR count). The molecule has 1 amide bonds. The number of nitrogens with zero attached hydrogens (tertiary/aromatic N) is 2. The van der Waals surface area contributed by atoms with E-state index in [9.17, 15) is 9.18 Å². The van der Waals surface area contributed by atoms with Crippen LogP contribution in [0.25, 0.3) is 6.08 Å². The molecule has 2 aromatic rings. The monoisotopic (exact) mass is 478 g/mol. The van der Waals surface area contributed by atoms with E-state index in [-0.39, 0.29) is 18.3 Å². The fourth-order valence-corrected chi connectivity index (χ4v) is 3.83. The summed E-state index contributed by atoms with van der Waals surface area (Å²) in [5, 5.41) is 0.481. The fourth-order valence-electron chi connectivity index (χ4n) is 2.95. The van der Waals surface area contributed by atoms with Crippen LogP contribution in [0.4, 0.5) is 4.39 Å². The minimum absolute atomic E-state index is 0.133. The lowest BCUT2D eigenvalue weighted by atomic mass is 10.1. The largest absolute Gasteiger partial charge is 0.493 e. The first-order valence-corrected chi connectivity index (χ1v) is 10.1. The second-order valence-electron chi connectivity index (χ2n) is 6.37. The summed E-state index contributed by atoms with van der Waals surface area (Å²) in [7, 11) is 3.32. The number of benzene rings is 2. The number of rotatable bonds is 6. The second kappa shape index (κ2) is 8.92. The third kappa shape index (κ3) is 4.43. The first kappa shape index (κ1) is 21.3. The van der Waals surface area contributed by atoms with Gasteiger partial charge in [0.15, 0.2) is 16.6 Å². The normalized spacial score (nSPS) is 15.4. The smallest absolute Gasteiger partial charge is 0.276 e. The number of hydrogen-bond acceptors (Lipinski definition) is 4. The van der Waals surface area contributed by atoms with Crippen LogP contribution in [0.1, 0.15) is 18.1 Å². The zero-order valence-electron chi connectivity index (χ0n) is 16.2. The van der Waals surface area contributed by atoms with Crippen LogP contribution in [0.2, 0.25) is 0 Å². The summed E-state index contributed by atoms with van der Waals surface area (Å²) in [4.78, 5) is 15.8. The Kier molecular flexibility index (Phi) is 6.54. The molecule has 1 saturated heterocycles. The summed E-state index contributed by atoms with van der Waals surface area (Å²) >= 11 is 8.84. The predicted octanol–water partition coefficient (Wildman–Crippen LogP) is 4.60. The van der Waals surface area contributed by atoms with Crippen molar-refractivity contribution in [2.45, 2.75) is 13.5 Å². The van der Waals surface area contributed by atoms with E-state index in [1.807, 2.05) is 13.0 Å². The van der Waals surface area contributed by atoms with E-state index >= 15 is 0 Å². The van der Waals surface area contributed by atoms with Gasteiger partial charge in [0.2, 0.25) is 0 Å². The van der Waals surface area contributed by atoms with E-state index in [2.05, 4.69) is 15.9 Å². The number of thiocarbonyl (C=S) groups is 1. The van der Waals surface area contributed by atoms with Crippen molar-refractivity contribution in [2.75, 3.05) is 20.7 Å². The van der Waals surface area contributed by atoms with Crippen LogP contribution >= 0.6 is 28.1 Å². The third-order valence-corrected chi connectivity index (χ3v) is 5.59. The average molecular weight is 479 g/mol. The fraction of sp³-hybridized carbons (Fsp3) is 0.238. The molecule has 2 aromatic carbocycles. The molecule has 0 atom stereocenters. The Balaban J connectivity index is 1.87. The molecule has 29 heavy (non-hydrogen) atoms. The first-order chi connectivity index (χ1) is 13.8. The van der Waals surface area contributed by atoms with Gasteiger partial charge >= 0.3 is 0 Å². The minimum atomic E-state index is -0.294. The van der Waals surface area contributed by atoms with E-state index in [0.717, 1.165) is 11.1 Å². The Labute approximate surface area is 182 Å². The predicted molar refractivity (Wildman–Crippen MR) is 117 cm³/mol. The zero-order valence-corrected chi connectivity index (χ0v) is 18.6. The van der Waals surface area contributed by atoms with Gasteiger partial charge in [0.05, 0.1) is 11.6 Å². The maximum absolute atomic E-state index is 13.1.